The number of nitrogens with one attached hydrogen (secondary N) is 1. The Bertz CT molecular complexity index is 348. The summed E-state index contributed by atoms with van der Waals surface area (Å²) in [5.74, 6) is 3.58. The molecule has 0 amide bonds. The van der Waals surface area contributed by atoms with E-state index in [2.05, 4.69) is 34.3 Å². The molecular formula is C12H19N3S. The summed E-state index contributed by atoms with van der Waals surface area (Å²) in [7, 11) is 1.98. The van der Waals surface area contributed by atoms with Crippen LogP contribution in [0.25, 0.3) is 0 Å². The van der Waals surface area contributed by atoms with Gasteiger partial charge in [-0.25, -0.2) is 4.98 Å². The van der Waals surface area contributed by atoms with Gasteiger partial charge in [0, 0.05) is 36.8 Å². The molecule has 88 valence electrons. The molecule has 3 nitrogen and oxygen atoms in total. The number of pyridine rings is 1. The lowest BCUT2D eigenvalue weighted by Gasteiger charge is -2.28. The number of aromatic nitrogens is 1. The van der Waals surface area contributed by atoms with Gasteiger partial charge in [-0.15, -0.1) is 0 Å². The minimum absolute atomic E-state index is 0.916. The van der Waals surface area contributed by atoms with Crippen LogP contribution in [0.15, 0.2) is 12.1 Å². The van der Waals surface area contributed by atoms with E-state index in [4.69, 9.17) is 0 Å². The molecule has 0 atom stereocenters. The number of thioether (sulfide) groups is 1. The number of rotatable bonds is 3. The van der Waals surface area contributed by atoms with Crippen LogP contribution in [0, 0.1) is 6.92 Å². The molecule has 1 aliphatic heterocycles. The fourth-order valence-corrected chi connectivity index (χ4v) is 2.88. The molecule has 0 unspecified atom stereocenters. The molecule has 2 heterocycles. The molecule has 1 saturated heterocycles. The maximum absolute atomic E-state index is 4.63. The van der Waals surface area contributed by atoms with Gasteiger partial charge in [0.1, 0.15) is 5.82 Å². The molecule has 0 bridgehead atoms. The van der Waals surface area contributed by atoms with E-state index in [1.165, 1.54) is 17.1 Å². The third-order valence-corrected chi connectivity index (χ3v) is 3.66. The van der Waals surface area contributed by atoms with E-state index in [1.54, 1.807) is 0 Å². The summed E-state index contributed by atoms with van der Waals surface area (Å²) in [5.41, 5.74) is 2.43. The lowest BCUT2D eigenvalue weighted by molar-refractivity contribution is 0.800. The summed E-state index contributed by atoms with van der Waals surface area (Å²) in [6, 6.07) is 4.36. The van der Waals surface area contributed by atoms with Gasteiger partial charge in [0.05, 0.1) is 0 Å². The highest BCUT2D eigenvalue weighted by molar-refractivity contribution is 7.99. The van der Waals surface area contributed by atoms with Crippen molar-refractivity contribution in [2.45, 2.75) is 13.5 Å². The smallest absolute Gasteiger partial charge is 0.129 e. The van der Waals surface area contributed by atoms with Crippen molar-refractivity contribution in [2.24, 2.45) is 0 Å². The SMILES string of the molecule is CNCc1cc(C)nc(N2CCSCC2)c1. The maximum Gasteiger partial charge on any atom is 0.129 e. The van der Waals surface area contributed by atoms with Crippen molar-refractivity contribution in [3.05, 3.63) is 23.4 Å². The molecule has 2 rings (SSSR count). The van der Waals surface area contributed by atoms with Crippen LogP contribution in [0.5, 0.6) is 0 Å². The van der Waals surface area contributed by atoms with E-state index < -0.39 is 0 Å². The largest absolute Gasteiger partial charge is 0.355 e. The number of aryl methyl sites for hydroxylation is 1. The first-order chi connectivity index (χ1) is 7.79. The predicted octanol–water partition coefficient (Wildman–Crippen LogP) is 1.66. The van der Waals surface area contributed by atoms with Crippen LogP contribution in [0.4, 0.5) is 5.82 Å². The Morgan fingerprint density at radius 1 is 1.38 bits per heavy atom. The van der Waals surface area contributed by atoms with Crippen LogP contribution < -0.4 is 10.2 Å². The van der Waals surface area contributed by atoms with E-state index in [1.807, 2.05) is 18.8 Å². The third kappa shape index (κ3) is 2.89. The van der Waals surface area contributed by atoms with Crippen LogP contribution in [-0.2, 0) is 6.54 Å². The molecule has 0 aromatic carbocycles. The minimum atomic E-state index is 0.916. The van der Waals surface area contributed by atoms with Crippen LogP contribution in [0.2, 0.25) is 0 Å². The lowest BCUT2D eigenvalue weighted by atomic mass is 10.2. The van der Waals surface area contributed by atoms with Crippen LogP contribution in [0.3, 0.4) is 0 Å². The highest BCUT2D eigenvalue weighted by Gasteiger charge is 2.13. The van der Waals surface area contributed by atoms with Crippen LogP contribution >= 0.6 is 11.8 Å². The summed E-state index contributed by atoms with van der Waals surface area (Å²) < 4.78 is 0. The Labute approximate surface area is 102 Å². The zero-order valence-electron chi connectivity index (χ0n) is 9.99. The quantitative estimate of drug-likeness (QED) is 0.865. The van der Waals surface area contributed by atoms with Gasteiger partial charge in [0.25, 0.3) is 0 Å². The Kier molecular flexibility index (Phi) is 4.07. The van der Waals surface area contributed by atoms with Crippen LogP contribution in [-0.4, -0.2) is 36.6 Å². The molecule has 1 aromatic heterocycles. The average Bonchev–Trinajstić information content (AvgIpc) is 2.30. The molecule has 0 spiro atoms. The van der Waals surface area contributed by atoms with Gasteiger partial charge in [-0.1, -0.05) is 0 Å². The van der Waals surface area contributed by atoms with Crippen molar-refractivity contribution in [1.82, 2.24) is 10.3 Å². The predicted molar refractivity (Wildman–Crippen MR) is 71.3 cm³/mol. The Balaban J connectivity index is 2.18. The van der Waals surface area contributed by atoms with E-state index in [0.29, 0.717) is 0 Å². The van der Waals surface area contributed by atoms with Gasteiger partial charge in [-0.2, -0.15) is 11.8 Å². The van der Waals surface area contributed by atoms with E-state index in [0.717, 1.165) is 31.1 Å². The van der Waals surface area contributed by atoms with Crippen LogP contribution in [0.1, 0.15) is 11.3 Å². The topological polar surface area (TPSA) is 28.2 Å². The fraction of sp³-hybridized carbons (Fsp3) is 0.583. The second-order valence-electron chi connectivity index (χ2n) is 4.10. The number of hydrogen-bond acceptors (Lipinski definition) is 4. The Hall–Kier alpha value is -0.740. The summed E-state index contributed by atoms with van der Waals surface area (Å²) in [5, 5.41) is 3.19. The van der Waals surface area contributed by atoms with Gasteiger partial charge < -0.3 is 10.2 Å². The molecule has 1 fully saturated rings. The van der Waals surface area contributed by atoms with Gasteiger partial charge >= 0.3 is 0 Å². The van der Waals surface area contributed by atoms with Gasteiger partial charge in [0.2, 0.25) is 0 Å². The average molecular weight is 237 g/mol. The van der Waals surface area contributed by atoms with Crippen molar-refractivity contribution < 1.29 is 0 Å². The van der Waals surface area contributed by atoms with Crippen molar-refractivity contribution >= 4 is 17.6 Å². The van der Waals surface area contributed by atoms with Crippen molar-refractivity contribution in [1.29, 1.82) is 0 Å². The van der Waals surface area contributed by atoms with Gasteiger partial charge in [0.15, 0.2) is 0 Å². The second kappa shape index (κ2) is 5.55. The Morgan fingerprint density at radius 2 is 2.12 bits per heavy atom. The molecular weight excluding hydrogens is 218 g/mol. The summed E-state index contributed by atoms with van der Waals surface area (Å²) in [6.45, 7) is 5.24. The zero-order chi connectivity index (χ0) is 11.4. The number of nitrogens with zero attached hydrogens (tertiary/aromatic N) is 2. The number of anilines is 1. The molecule has 16 heavy (non-hydrogen) atoms. The van der Waals surface area contributed by atoms with Crippen molar-refractivity contribution in [2.75, 3.05) is 36.5 Å². The lowest BCUT2D eigenvalue weighted by Crippen LogP contribution is -2.33. The molecule has 4 heteroatoms. The third-order valence-electron chi connectivity index (χ3n) is 2.72. The summed E-state index contributed by atoms with van der Waals surface area (Å²) in [4.78, 5) is 7.02. The van der Waals surface area contributed by atoms with Gasteiger partial charge in [-0.05, 0) is 31.7 Å². The summed E-state index contributed by atoms with van der Waals surface area (Å²) in [6.07, 6.45) is 0. The monoisotopic (exact) mass is 237 g/mol. The van der Waals surface area contributed by atoms with E-state index in [9.17, 15) is 0 Å². The first-order valence-electron chi connectivity index (χ1n) is 5.74. The normalized spacial score (nSPS) is 16.5. The van der Waals surface area contributed by atoms with Gasteiger partial charge in [-0.3, -0.25) is 0 Å². The summed E-state index contributed by atoms with van der Waals surface area (Å²) >= 11 is 2.03. The Morgan fingerprint density at radius 3 is 2.81 bits per heavy atom. The van der Waals surface area contributed by atoms with E-state index >= 15 is 0 Å². The first-order valence-corrected chi connectivity index (χ1v) is 6.90. The number of hydrogen-bond donors (Lipinski definition) is 1. The molecule has 0 radical (unpaired) electrons. The highest BCUT2D eigenvalue weighted by atomic mass is 32.2. The second-order valence-corrected chi connectivity index (χ2v) is 5.33. The first kappa shape index (κ1) is 11.7. The molecule has 1 N–H and O–H groups in total. The standard InChI is InChI=1S/C12H19N3S/c1-10-7-11(9-13-2)8-12(14-10)15-3-5-16-6-4-15/h7-8,13H,3-6,9H2,1-2H3. The molecule has 0 aliphatic carbocycles. The fourth-order valence-electron chi connectivity index (χ4n) is 1.98. The molecule has 0 saturated carbocycles. The minimum Gasteiger partial charge on any atom is -0.355 e. The highest BCUT2D eigenvalue weighted by Crippen LogP contribution is 2.19. The van der Waals surface area contributed by atoms with E-state index in [-0.39, 0.29) is 0 Å². The molecule has 1 aliphatic rings. The van der Waals surface area contributed by atoms with Crippen molar-refractivity contribution in [3.63, 3.8) is 0 Å². The molecule has 1 aromatic rings. The maximum atomic E-state index is 4.63. The zero-order valence-corrected chi connectivity index (χ0v) is 10.8. The van der Waals surface area contributed by atoms with Crippen molar-refractivity contribution in [3.8, 4) is 0 Å².